The summed E-state index contributed by atoms with van der Waals surface area (Å²) >= 11 is 11.5. The average molecular weight is 507 g/mol. The van der Waals surface area contributed by atoms with E-state index in [0.717, 1.165) is 22.3 Å². The van der Waals surface area contributed by atoms with Gasteiger partial charge in [0.1, 0.15) is 24.4 Å². The van der Waals surface area contributed by atoms with Crippen molar-refractivity contribution in [3.8, 4) is 0 Å². The molecule has 0 spiro atoms. The lowest BCUT2D eigenvalue weighted by Gasteiger charge is -2.34. The Balaban J connectivity index is 2.37. The molecule has 8 heteroatoms. The van der Waals surface area contributed by atoms with Crippen molar-refractivity contribution >= 4 is 34.2 Å². The van der Waals surface area contributed by atoms with Crippen molar-refractivity contribution < 1.29 is 30.6 Å². The van der Waals surface area contributed by atoms with Gasteiger partial charge in [-0.3, -0.25) is 0 Å². The van der Waals surface area contributed by atoms with E-state index >= 15 is 0 Å². The second kappa shape index (κ2) is 12.9. The summed E-state index contributed by atoms with van der Waals surface area (Å²) in [5.41, 5.74) is 3.56. The largest absolute Gasteiger partial charge is 0.394 e. The molecule has 0 aliphatic rings. The molecular weight excluding hydrogens is 472 g/mol. The molecule has 0 aromatic heterocycles. The highest BCUT2D eigenvalue weighted by Crippen LogP contribution is 2.29. The maximum Gasteiger partial charge on any atom is 0.111 e. The monoisotopic (exact) mass is 506 g/mol. The first-order valence-corrected chi connectivity index (χ1v) is 12.0. The van der Waals surface area contributed by atoms with Crippen LogP contribution in [0.2, 0.25) is 0 Å². The number of hydrogen-bond acceptors (Lipinski definition) is 8. The molecule has 0 saturated heterocycles. The number of aliphatic hydroxyl groups is 6. The van der Waals surface area contributed by atoms with Crippen LogP contribution in [-0.2, 0) is 0 Å². The Hall–Kier alpha value is -1.62. The number of aliphatic hydroxyl groups excluding tert-OH is 6. The fraction of sp³-hybridized carbons (Fsp3) is 0.462. The molecule has 0 saturated carbocycles. The Bertz CT molecular complexity index is 981. The lowest BCUT2D eigenvalue weighted by Crippen LogP contribution is -2.52. The lowest BCUT2D eigenvalue weighted by molar-refractivity contribution is -0.145. The van der Waals surface area contributed by atoms with Crippen LogP contribution in [0.15, 0.2) is 48.5 Å². The van der Waals surface area contributed by atoms with Crippen molar-refractivity contribution in [1.29, 1.82) is 0 Å². The first kappa shape index (κ1) is 28.6. The molecular formula is C26H34O6S2. The minimum absolute atomic E-state index is 0.213. The van der Waals surface area contributed by atoms with Gasteiger partial charge in [-0.1, -0.05) is 79.9 Å². The molecule has 0 aliphatic heterocycles. The van der Waals surface area contributed by atoms with Gasteiger partial charge in [0, 0.05) is 15.6 Å². The molecule has 0 bridgehead atoms. The Kier molecular flexibility index (Phi) is 10.9. The van der Waals surface area contributed by atoms with Gasteiger partial charge in [-0.25, -0.2) is 0 Å². The molecule has 0 heterocycles. The molecule has 2 rings (SSSR count). The summed E-state index contributed by atoms with van der Waals surface area (Å²) in [6.45, 7) is 4.96. The summed E-state index contributed by atoms with van der Waals surface area (Å²) in [7, 11) is 0. The average Bonchev–Trinajstić information content (AvgIpc) is 2.84. The van der Waals surface area contributed by atoms with Gasteiger partial charge in [-0.05, 0) is 48.4 Å². The minimum atomic E-state index is -1.90. The van der Waals surface area contributed by atoms with Crippen LogP contribution < -0.4 is 0 Å². The fourth-order valence-corrected chi connectivity index (χ4v) is 4.82. The molecule has 7 atom stereocenters. The highest BCUT2D eigenvalue weighted by Gasteiger charge is 2.39. The summed E-state index contributed by atoms with van der Waals surface area (Å²) in [5, 5.41) is 61.0. The van der Waals surface area contributed by atoms with E-state index in [-0.39, 0.29) is 12.3 Å². The van der Waals surface area contributed by atoms with E-state index in [2.05, 4.69) is 0 Å². The van der Waals surface area contributed by atoms with Gasteiger partial charge < -0.3 is 30.6 Å². The van der Waals surface area contributed by atoms with Crippen LogP contribution in [0.25, 0.3) is 0 Å². The van der Waals surface area contributed by atoms with E-state index < -0.39 is 43.0 Å². The quantitative estimate of drug-likeness (QED) is 0.191. The molecule has 2 aromatic rings. The number of aryl methyl sites for hydroxylation is 2. The van der Waals surface area contributed by atoms with E-state index in [0.29, 0.717) is 9.73 Å². The van der Waals surface area contributed by atoms with Gasteiger partial charge in [0.25, 0.3) is 0 Å². The summed E-state index contributed by atoms with van der Waals surface area (Å²) in [4.78, 5) is 1.09. The van der Waals surface area contributed by atoms with Crippen molar-refractivity contribution in [2.24, 2.45) is 11.8 Å². The molecule has 0 aliphatic carbocycles. The van der Waals surface area contributed by atoms with Crippen LogP contribution in [0.3, 0.4) is 0 Å². The van der Waals surface area contributed by atoms with Crippen LogP contribution in [0.4, 0.5) is 0 Å². The maximum atomic E-state index is 11.1. The second-order valence-corrected chi connectivity index (χ2v) is 9.69. The Morgan fingerprint density at radius 2 is 1.15 bits per heavy atom. The topological polar surface area (TPSA) is 121 Å². The normalized spacial score (nSPS) is 17.8. The molecule has 2 aromatic carbocycles. The third-order valence-corrected chi connectivity index (χ3v) is 7.40. The minimum Gasteiger partial charge on any atom is -0.394 e. The molecule has 0 amide bonds. The van der Waals surface area contributed by atoms with Gasteiger partial charge in [0.15, 0.2) is 0 Å². The number of rotatable bonds is 12. The number of benzene rings is 2. The predicted octanol–water partition coefficient (Wildman–Crippen LogP) is 1.88. The standard InChI is InChI=1S/C26H34O6S2/c1-14-8-4-6-10-17(14)25(33)16(3)12-19(26(34)18-11-7-5-9-15(18)2)21(29)23(31)24(32)22(30)20(28)13-27/h4-11,16,19-24,27-32H,12-13H2,1-3H3/t16?,19?,20-,21?,22+,23+,24-/m0/s1. The zero-order valence-electron chi connectivity index (χ0n) is 19.6. The van der Waals surface area contributed by atoms with Gasteiger partial charge in [-0.2, -0.15) is 0 Å². The molecule has 186 valence electrons. The first-order chi connectivity index (χ1) is 16.0. The van der Waals surface area contributed by atoms with E-state index in [1.54, 1.807) is 0 Å². The summed E-state index contributed by atoms with van der Waals surface area (Å²) < 4.78 is 0. The van der Waals surface area contributed by atoms with Crippen LogP contribution in [0.5, 0.6) is 0 Å². The zero-order chi connectivity index (χ0) is 25.6. The smallest absolute Gasteiger partial charge is 0.111 e. The fourth-order valence-electron chi connectivity index (χ4n) is 4.03. The highest BCUT2D eigenvalue weighted by atomic mass is 32.1. The van der Waals surface area contributed by atoms with E-state index in [4.69, 9.17) is 29.5 Å². The molecule has 6 nitrogen and oxygen atoms in total. The molecule has 3 unspecified atom stereocenters. The van der Waals surface area contributed by atoms with Crippen molar-refractivity contribution in [3.63, 3.8) is 0 Å². The number of thiocarbonyl (C=S) groups is 2. The van der Waals surface area contributed by atoms with Gasteiger partial charge >= 0.3 is 0 Å². The molecule has 0 radical (unpaired) electrons. The van der Waals surface area contributed by atoms with E-state index in [1.807, 2.05) is 69.3 Å². The lowest BCUT2D eigenvalue weighted by atomic mass is 9.79. The predicted molar refractivity (Wildman–Crippen MR) is 140 cm³/mol. The van der Waals surface area contributed by atoms with Crippen LogP contribution in [0.1, 0.15) is 35.6 Å². The summed E-state index contributed by atoms with van der Waals surface area (Å²) in [6, 6.07) is 15.1. The van der Waals surface area contributed by atoms with E-state index in [1.165, 1.54) is 0 Å². The SMILES string of the molecule is Cc1ccccc1C(=S)C(C)CC(C(=S)c1ccccc1C)C(O)[C@@H](O)[C@@H](O)[C@H](O)[C@@H](O)CO. The van der Waals surface area contributed by atoms with Crippen LogP contribution in [0, 0.1) is 25.7 Å². The van der Waals surface area contributed by atoms with Crippen molar-refractivity contribution in [3.05, 3.63) is 70.8 Å². The van der Waals surface area contributed by atoms with Crippen molar-refractivity contribution in [2.75, 3.05) is 6.61 Å². The maximum absolute atomic E-state index is 11.1. The Morgan fingerprint density at radius 3 is 1.62 bits per heavy atom. The molecule has 0 fully saturated rings. The Labute approximate surface area is 211 Å². The number of hydrogen-bond donors (Lipinski definition) is 6. The second-order valence-electron chi connectivity index (χ2n) is 8.81. The van der Waals surface area contributed by atoms with Crippen LogP contribution in [-0.4, -0.2) is 77.5 Å². The van der Waals surface area contributed by atoms with Crippen LogP contribution >= 0.6 is 24.4 Å². The first-order valence-electron chi connectivity index (χ1n) is 11.2. The summed E-state index contributed by atoms with van der Waals surface area (Å²) in [6.07, 6.45) is -8.55. The van der Waals surface area contributed by atoms with Crippen molar-refractivity contribution in [2.45, 2.75) is 57.7 Å². The highest BCUT2D eigenvalue weighted by molar-refractivity contribution is 7.81. The summed E-state index contributed by atoms with van der Waals surface area (Å²) in [5.74, 6) is -1.01. The van der Waals surface area contributed by atoms with Gasteiger partial charge in [0.05, 0.1) is 12.7 Å². The third kappa shape index (κ3) is 6.74. The molecule has 6 N–H and O–H groups in total. The van der Waals surface area contributed by atoms with E-state index in [9.17, 15) is 25.5 Å². The third-order valence-electron chi connectivity index (χ3n) is 6.26. The molecule has 34 heavy (non-hydrogen) atoms. The van der Waals surface area contributed by atoms with Gasteiger partial charge in [0.2, 0.25) is 0 Å². The van der Waals surface area contributed by atoms with Gasteiger partial charge in [-0.15, -0.1) is 0 Å². The zero-order valence-corrected chi connectivity index (χ0v) is 21.2. The Morgan fingerprint density at radius 1 is 0.706 bits per heavy atom. The van der Waals surface area contributed by atoms with Crippen molar-refractivity contribution in [1.82, 2.24) is 0 Å².